The molecule has 1 fully saturated rings. The molecular weight excluding hydrogens is 372 g/mol. The van der Waals surface area contributed by atoms with E-state index in [1.807, 2.05) is 18.2 Å². The van der Waals surface area contributed by atoms with E-state index in [4.69, 9.17) is 21.1 Å². The van der Waals surface area contributed by atoms with E-state index < -0.39 is 6.61 Å². The summed E-state index contributed by atoms with van der Waals surface area (Å²) in [4.78, 5) is 15.4. The molecule has 0 aliphatic carbocycles. The number of hydrogen-bond donors (Lipinski definition) is 1. The first-order valence-electron chi connectivity index (χ1n) is 7.05. The number of benzene rings is 1. The number of halogens is 2. The van der Waals surface area contributed by atoms with Crippen molar-refractivity contribution in [3.8, 4) is 0 Å². The van der Waals surface area contributed by atoms with E-state index in [0.29, 0.717) is 24.7 Å². The number of fused-ring (bicyclic) bond motifs is 1. The van der Waals surface area contributed by atoms with Gasteiger partial charge in [-0.3, -0.25) is 9.69 Å². The molecule has 0 atom stereocenters. The lowest BCUT2D eigenvalue weighted by Gasteiger charge is -2.33. The van der Waals surface area contributed by atoms with Crippen LogP contribution in [0, 0.1) is 0 Å². The molecule has 1 aromatic carbocycles. The average Bonchev–Trinajstić information content (AvgIpc) is 2.90. The van der Waals surface area contributed by atoms with E-state index in [0.717, 1.165) is 34.3 Å². The van der Waals surface area contributed by atoms with Gasteiger partial charge < -0.3 is 14.4 Å². The van der Waals surface area contributed by atoms with Crippen LogP contribution in [0.15, 0.2) is 27.1 Å². The highest BCUT2D eigenvalue weighted by atomic mass is 79.9. The highest BCUT2D eigenvalue weighted by Crippen LogP contribution is 2.31. The third-order valence-electron chi connectivity index (χ3n) is 3.83. The number of carbonyl (C=O) groups excluding carboxylic acids is 1. The Morgan fingerprint density at radius 1 is 1.27 bits per heavy atom. The predicted molar refractivity (Wildman–Crippen MR) is 87.9 cm³/mol. The lowest BCUT2D eigenvalue weighted by Crippen LogP contribution is -2.49. The number of hydrogen-bond acceptors (Lipinski definition) is 4. The van der Waals surface area contributed by atoms with E-state index >= 15 is 0 Å². The lowest BCUT2D eigenvalue weighted by molar-refractivity contribution is -0.136. The van der Waals surface area contributed by atoms with Crippen LogP contribution in [-0.4, -0.2) is 53.6 Å². The number of carbonyl (C=O) groups is 1. The Kier molecular flexibility index (Phi) is 4.73. The Labute approximate surface area is 141 Å². The molecule has 1 saturated heterocycles. The lowest BCUT2D eigenvalue weighted by atomic mass is 10.2. The van der Waals surface area contributed by atoms with Crippen molar-refractivity contribution in [2.75, 3.05) is 32.8 Å². The Balaban J connectivity index is 1.67. The van der Waals surface area contributed by atoms with E-state index in [2.05, 4.69) is 20.8 Å². The van der Waals surface area contributed by atoms with Gasteiger partial charge in [-0.25, -0.2) is 0 Å². The normalized spacial score (nSPS) is 16.4. The summed E-state index contributed by atoms with van der Waals surface area (Å²) in [6.07, 6.45) is 0. The van der Waals surface area contributed by atoms with Crippen LogP contribution in [0.2, 0.25) is 5.02 Å². The van der Waals surface area contributed by atoms with E-state index in [-0.39, 0.29) is 5.91 Å². The molecule has 0 radical (unpaired) electrons. The second-order valence-corrected chi connectivity index (χ2v) is 6.62. The number of rotatable bonds is 3. The first-order chi connectivity index (χ1) is 10.6. The number of aliphatic hydroxyl groups is 1. The topological polar surface area (TPSA) is 56.9 Å². The van der Waals surface area contributed by atoms with Gasteiger partial charge in [0.25, 0.3) is 0 Å². The molecule has 0 unspecified atom stereocenters. The molecule has 1 amide bonds. The second kappa shape index (κ2) is 6.58. The zero-order valence-electron chi connectivity index (χ0n) is 11.9. The van der Waals surface area contributed by atoms with Gasteiger partial charge in [0.15, 0.2) is 0 Å². The molecule has 3 rings (SSSR count). The van der Waals surface area contributed by atoms with Crippen LogP contribution in [0.4, 0.5) is 0 Å². The maximum atomic E-state index is 11.4. The molecule has 0 spiro atoms. The Bertz CT molecular complexity index is 695. The summed E-state index contributed by atoms with van der Waals surface area (Å²) in [5, 5.41) is 10.5. The fourth-order valence-corrected chi connectivity index (χ4v) is 3.60. The highest BCUT2D eigenvalue weighted by molar-refractivity contribution is 9.10. The van der Waals surface area contributed by atoms with Crippen LogP contribution in [-0.2, 0) is 11.3 Å². The van der Waals surface area contributed by atoms with Gasteiger partial charge in [0, 0.05) is 36.6 Å². The molecule has 0 bridgehead atoms. The van der Waals surface area contributed by atoms with Gasteiger partial charge in [-0.2, -0.15) is 0 Å². The van der Waals surface area contributed by atoms with Crippen LogP contribution in [0.3, 0.4) is 0 Å². The average molecular weight is 388 g/mol. The summed E-state index contributed by atoms with van der Waals surface area (Å²) >= 11 is 9.50. The van der Waals surface area contributed by atoms with Crippen molar-refractivity contribution in [3.05, 3.63) is 33.5 Å². The molecule has 2 heterocycles. The monoisotopic (exact) mass is 386 g/mol. The van der Waals surface area contributed by atoms with Crippen molar-refractivity contribution < 1.29 is 14.3 Å². The zero-order chi connectivity index (χ0) is 15.7. The molecular formula is C15H16BrClN2O3. The Morgan fingerprint density at radius 2 is 2.00 bits per heavy atom. The van der Waals surface area contributed by atoms with Crippen LogP contribution in [0.5, 0.6) is 0 Å². The summed E-state index contributed by atoms with van der Waals surface area (Å²) < 4.78 is 6.73. The maximum absolute atomic E-state index is 11.4. The minimum Gasteiger partial charge on any atom is -0.459 e. The summed E-state index contributed by atoms with van der Waals surface area (Å²) in [5.74, 6) is 0.668. The molecule has 2 aromatic rings. The van der Waals surface area contributed by atoms with Gasteiger partial charge in [-0.15, -0.1) is 0 Å². The molecule has 118 valence electrons. The van der Waals surface area contributed by atoms with Crippen molar-refractivity contribution in [1.29, 1.82) is 0 Å². The number of nitrogens with zero attached hydrogens (tertiary/aromatic N) is 2. The molecule has 5 nitrogen and oxygen atoms in total. The number of furan rings is 1. The van der Waals surface area contributed by atoms with Gasteiger partial charge in [-0.05, 0) is 34.1 Å². The van der Waals surface area contributed by atoms with Gasteiger partial charge >= 0.3 is 0 Å². The Hall–Kier alpha value is -1.08. The van der Waals surface area contributed by atoms with Crippen LogP contribution >= 0.6 is 27.5 Å². The van der Waals surface area contributed by atoms with Crippen molar-refractivity contribution in [2.45, 2.75) is 6.54 Å². The summed E-state index contributed by atoms with van der Waals surface area (Å²) in [5.41, 5.74) is 0.800. The molecule has 22 heavy (non-hydrogen) atoms. The Morgan fingerprint density at radius 3 is 2.68 bits per heavy atom. The SMILES string of the molecule is O=C(CO)N1CCN(Cc2cc3cc(Cl)cc(Br)c3o2)CC1. The van der Waals surface area contributed by atoms with Crippen LogP contribution in [0.1, 0.15) is 5.76 Å². The minimum atomic E-state index is -0.418. The molecule has 1 N–H and O–H groups in total. The van der Waals surface area contributed by atoms with Gasteiger partial charge in [-0.1, -0.05) is 11.6 Å². The van der Waals surface area contributed by atoms with Gasteiger partial charge in [0.05, 0.1) is 11.0 Å². The first kappa shape index (κ1) is 15.8. The summed E-state index contributed by atoms with van der Waals surface area (Å²) in [6.45, 7) is 3.08. The van der Waals surface area contributed by atoms with Crippen LogP contribution < -0.4 is 0 Å². The van der Waals surface area contributed by atoms with E-state index in [1.165, 1.54) is 0 Å². The molecule has 1 aliphatic rings. The standard InChI is InChI=1S/C15H16BrClN2O3/c16-13-7-11(17)5-10-6-12(22-15(10)13)8-18-1-3-19(4-2-18)14(21)9-20/h5-7,20H,1-4,8-9H2. The predicted octanol–water partition coefficient (Wildman–Crippen LogP) is 2.49. The second-order valence-electron chi connectivity index (χ2n) is 5.33. The minimum absolute atomic E-state index is 0.207. The zero-order valence-corrected chi connectivity index (χ0v) is 14.2. The van der Waals surface area contributed by atoms with Crippen molar-refractivity contribution in [2.24, 2.45) is 0 Å². The number of aliphatic hydroxyl groups excluding tert-OH is 1. The van der Waals surface area contributed by atoms with Crippen LogP contribution in [0.25, 0.3) is 11.0 Å². The largest absolute Gasteiger partial charge is 0.459 e. The fourth-order valence-electron chi connectivity index (χ4n) is 2.68. The number of piperazine rings is 1. The molecule has 1 aromatic heterocycles. The summed E-state index contributed by atoms with van der Waals surface area (Å²) in [6, 6.07) is 5.69. The third kappa shape index (κ3) is 3.30. The van der Waals surface area contributed by atoms with Gasteiger partial charge in [0.1, 0.15) is 18.0 Å². The van der Waals surface area contributed by atoms with Crippen molar-refractivity contribution >= 4 is 44.4 Å². The van der Waals surface area contributed by atoms with Gasteiger partial charge in [0.2, 0.25) is 5.91 Å². The fraction of sp³-hybridized carbons (Fsp3) is 0.400. The van der Waals surface area contributed by atoms with Crippen molar-refractivity contribution in [1.82, 2.24) is 9.80 Å². The highest BCUT2D eigenvalue weighted by Gasteiger charge is 2.21. The smallest absolute Gasteiger partial charge is 0.248 e. The summed E-state index contributed by atoms with van der Waals surface area (Å²) in [7, 11) is 0. The first-order valence-corrected chi connectivity index (χ1v) is 8.22. The molecule has 0 saturated carbocycles. The molecule has 7 heteroatoms. The van der Waals surface area contributed by atoms with E-state index in [9.17, 15) is 4.79 Å². The van der Waals surface area contributed by atoms with E-state index in [1.54, 1.807) is 4.90 Å². The number of amides is 1. The maximum Gasteiger partial charge on any atom is 0.248 e. The third-order valence-corrected chi connectivity index (χ3v) is 4.63. The van der Waals surface area contributed by atoms with Crippen molar-refractivity contribution in [3.63, 3.8) is 0 Å². The molecule has 1 aliphatic heterocycles. The quantitative estimate of drug-likeness (QED) is 0.879.